The second-order valence-electron chi connectivity index (χ2n) is 7.19. The molecule has 2 N–H and O–H groups in total. The van der Waals surface area contributed by atoms with Gasteiger partial charge in [-0.25, -0.2) is 4.79 Å². The number of nitrogens with one attached hydrogen (secondary N) is 2. The maximum Gasteiger partial charge on any atom is 0.315 e. The van der Waals surface area contributed by atoms with E-state index in [1.807, 2.05) is 36.4 Å². The summed E-state index contributed by atoms with van der Waals surface area (Å²) in [5, 5.41) is 15.2. The van der Waals surface area contributed by atoms with Crippen molar-refractivity contribution in [3.05, 3.63) is 59.9 Å². The number of amides is 2. The second kappa shape index (κ2) is 6.99. The Morgan fingerprint density at radius 3 is 1.68 bits per heavy atom. The van der Waals surface area contributed by atoms with Gasteiger partial charge in [0.05, 0.1) is 23.5 Å². The molecule has 3 aromatic rings. The van der Waals surface area contributed by atoms with Crippen molar-refractivity contribution in [2.45, 2.75) is 37.8 Å². The molecule has 0 bridgehead atoms. The fraction of sp³-hybridized carbons (Fsp3) is 0.286. The van der Waals surface area contributed by atoms with Crippen LogP contribution in [-0.2, 0) is 12.8 Å². The van der Waals surface area contributed by atoms with Crippen LogP contribution in [-0.4, -0.2) is 38.3 Å². The first kappa shape index (κ1) is 16.8. The highest BCUT2D eigenvalue weighted by Gasteiger charge is 2.34. The number of hydrogen-bond acceptors (Lipinski definition) is 5. The number of pyridine rings is 2. The van der Waals surface area contributed by atoms with Crippen LogP contribution in [0, 0.1) is 0 Å². The SMILES string of the molecule is O=C1N[C@H]2CCc3c(-c4ccccn4)nnc(-c4ccccn4)c3CC[C@H]2N1. The Kier molecular flexibility index (Phi) is 4.20. The summed E-state index contributed by atoms with van der Waals surface area (Å²) in [6, 6.07) is 11.8. The summed E-state index contributed by atoms with van der Waals surface area (Å²) in [5.41, 5.74) is 5.62. The van der Waals surface area contributed by atoms with Crippen LogP contribution in [0.5, 0.6) is 0 Å². The fourth-order valence-corrected chi connectivity index (χ4v) is 4.19. The summed E-state index contributed by atoms with van der Waals surface area (Å²) in [4.78, 5) is 20.8. The van der Waals surface area contributed by atoms with Gasteiger partial charge in [-0.3, -0.25) is 9.97 Å². The smallest absolute Gasteiger partial charge is 0.315 e. The zero-order valence-corrected chi connectivity index (χ0v) is 15.3. The van der Waals surface area contributed by atoms with Gasteiger partial charge in [0.25, 0.3) is 0 Å². The third kappa shape index (κ3) is 2.98. The summed E-state index contributed by atoms with van der Waals surface area (Å²) in [6.45, 7) is 0. The van der Waals surface area contributed by atoms with E-state index >= 15 is 0 Å². The molecule has 0 spiro atoms. The molecule has 7 nitrogen and oxygen atoms in total. The monoisotopic (exact) mass is 372 g/mol. The van der Waals surface area contributed by atoms with Crippen LogP contribution < -0.4 is 10.6 Å². The lowest BCUT2D eigenvalue weighted by Crippen LogP contribution is -2.36. The molecule has 2 aliphatic rings. The number of carbonyl (C=O) groups is 1. The molecule has 1 aliphatic carbocycles. The van der Waals surface area contributed by atoms with Gasteiger partial charge in [0, 0.05) is 12.4 Å². The Bertz CT molecular complexity index is 928. The van der Waals surface area contributed by atoms with E-state index in [-0.39, 0.29) is 18.1 Å². The number of rotatable bonds is 2. The minimum atomic E-state index is -0.0768. The molecule has 5 rings (SSSR count). The lowest BCUT2D eigenvalue weighted by Gasteiger charge is -2.25. The van der Waals surface area contributed by atoms with Crippen molar-refractivity contribution >= 4 is 6.03 Å². The molecule has 2 atom stereocenters. The van der Waals surface area contributed by atoms with Gasteiger partial charge in [-0.15, -0.1) is 10.2 Å². The van der Waals surface area contributed by atoms with Gasteiger partial charge in [-0.2, -0.15) is 0 Å². The third-order valence-corrected chi connectivity index (χ3v) is 5.53. The number of hydrogen-bond donors (Lipinski definition) is 2. The van der Waals surface area contributed by atoms with Crippen molar-refractivity contribution in [3.63, 3.8) is 0 Å². The predicted octanol–water partition coefficient (Wildman–Crippen LogP) is 2.53. The van der Waals surface area contributed by atoms with E-state index in [9.17, 15) is 4.79 Å². The molecule has 0 saturated carbocycles. The van der Waals surface area contributed by atoms with Crippen molar-refractivity contribution in [1.82, 2.24) is 30.8 Å². The van der Waals surface area contributed by atoms with Crippen LogP contribution >= 0.6 is 0 Å². The molecule has 4 heterocycles. The van der Waals surface area contributed by atoms with Crippen molar-refractivity contribution < 1.29 is 4.79 Å². The van der Waals surface area contributed by atoms with E-state index in [1.54, 1.807) is 12.4 Å². The van der Waals surface area contributed by atoms with Gasteiger partial charge in [0.1, 0.15) is 11.4 Å². The van der Waals surface area contributed by atoms with Crippen LogP contribution in [0.15, 0.2) is 48.8 Å². The highest BCUT2D eigenvalue weighted by atomic mass is 16.2. The van der Waals surface area contributed by atoms with Gasteiger partial charge < -0.3 is 10.6 Å². The Morgan fingerprint density at radius 2 is 1.25 bits per heavy atom. The first-order chi connectivity index (χ1) is 13.8. The average molecular weight is 372 g/mol. The normalized spacial score (nSPS) is 20.9. The van der Waals surface area contributed by atoms with E-state index in [4.69, 9.17) is 0 Å². The molecule has 1 aliphatic heterocycles. The van der Waals surface area contributed by atoms with Crippen molar-refractivity contribution in [3.8, 4) is 22.8 Å². The number of nitrogens with zero attached hydrogens (tertiary/aromatic N) is 4. The zero-order chi connectivity index (χ0) is 18.9. The molecule has 1 fully saturated rings. The van der Waals surface area contributed by atoms with Gasteiger partial charge >= 0.3 is 6.03 Å². The standard InChI is InChI=1S/C21H20N6O/c28-21-24-15-9-7-13-14(8-10-16(15)25-21)20(18-6-2-4-12-23-18)27-26-19(13)17-5-1-3-11-22-17/h1-6,11-12,15-16H,7-10H2,(H2,24,25,28)/t15-,16+. The zero-order valence-electron chi connectivity index (χ0n) is 15.3. The van der Waals surface area contributed by atoms with Gasteiger partial charge in [-0.05, 0) is 61.1 Å². The van der Waals surface area contributed by atoms with Crippen molar-refractivity contribution in [2.75, 3.05) is 0 Å². The van der Waals surface area contributed by atoms with Crippen molar-refractivity contribution in [2.24, 2.45) is 0 Å². The van der Waals surface area contributed by atoms with E-state index in [0.29, 0.717) is 0 Å². The molecule has 3 aromatic heterocycles. The molecule has 2 amide bonds. The summed E-state index contributed by atoms with van der Waals surface area (Å²) in [5.74, 6) is 0. The largest absolute Gasteiger partial charge is 0.333 e. The lowest BCUT2D eigenvalue weighted by molar-refractivity contribution is 0.246. The molecular weight excluding hydrogens is 352 g/mol. The topological polar surface area (TPSA) is 92.7 Å². The molecule has 140 valence electrons. The summed E-state index contributed by atoms with van der Waals surface area (Å²) >= 11 is 0. The van der Waals surface area contributed by atoms with Gasteiger partial charge in [-0.1, -0.05) is 12.1 Å². The third-order valence-electron chi connectivity index (χ3n) is 5.53. The van der Waals surface area contributed by atoms with E-state index in [1.165, 1.54) is 0 Å². The van der Waals surface area contributed by atoms with Gasteiger partial charge in [0.2, 0.25) is 0 Å². The van der Waals surface area contributed by atoms with Crippen LogP contribution in [0.2, 0.25) is 0 Å². The number of fused-ring (bicyclic) bond motifs is 2. The molecule has 28 heavy (non-hydrogen) atoms. The maximum atomic E-state index is 11.8. The lowest BCUT2D eigenvalue weighted by atomic mass is 9.86. The Morgan fingerprint density at radius 1 is 0.750 bits per heavy atom. The molecule has 7 heteroatoms. The predicted molar refractivity (Wildman–Crippen MR) is 104 cm³/mol. The van der Waals surface area contributed by atoms with E-state index in [2.05, 4.69) is 30.8 Å². The number of urea groups is 1. The second-order valence-corrected chi connectivity index (χ2v) is 7.19. The van der Waals surface area contributed by atoms with E-state index < -0.39 is 0 Å². The Hall–Kier alpha value is -3.35. The van der Waals surface area contributed by atoms with Crippen molar-refractivity contribution in [1.29, 1.82) is 0 Å². The quantitative estimate of drug-likeness (QED) is 0.721. The molecular formula is C21H20N6O. The van der Waals surface area contributed by atoms with Crippen LogP contribution in [0.4, 0.5) is 4.79 Å². The highest BCUT2D eigenvalue weighted by Crippen LogP contribution is 2.33. The Labute approximate surface area is 162 Å². The van der Waals surface area contributed by atoms with Crippen LogP contribution in [0.1, 0.15) is 24.0 Å². The van der Waals surface area contributed by atoms with Crippen LogP contribution in [0.3, 0.4) is 0 Å². The number of carbonyl (C=O) groups excluding carboxylic acids is 1. The Balaban J connectivity index is 1.64. The summed E-state index contributed by atoms with van der Waals surface area (Å²) in [7, 11) is 0. The van der Waals surface area contributed by atoms with E-state index in [0.717, 1.165) is 59.6 Å². The minimum Gasteiger partial charge on any atom is -0.333 e. The number of aromatic nitrogens is 4. The first-order valence-electron chi connectivity index (χ1n) is 9.58. The summed E-state index contributed by atoms with van der Waals surface area (Å²) < 4.78 is 0. The van der Waals surface area contributed by atoms with Gasteiger partial charge in [0.15, 0.2) is 0 Å². The molecule has 0 aromatic carbocycles. The fourth-order valence-electron chi connectivity index (χ4n) is 4.19. The summed E-state index contributed by atoms with van der Waals surface area (Å²) in [6.07, 6.45) is 6.86. The first-order valence-corrected chi connectivity index (χ1v) is 9.58. The maximum absolute atomic E-state index is 11.8. The molecule has 1 saturated heterocycles. The average Bonchev–Trinajstić information content (AvgIpc) is 3.08. The molecule has 0 radical (unpaired) electrons. The van der Waals surface area contributed by atoms with Crippen LogP contribution in [0.25, 0.3) is 22.8 Å². The molecule has 0 unspecified atom stereocenters. The minimum absolute atomic E-state index is 0.0768. The highest BCUT2D eigenvalue weighted by molar-refractivity contribution is 5.77.